The monoisotopic (exact) mass is 769 g/mol. The summed E-state index contributed by atoms with van der Waals surface area (Å²) in [5.74, 6) is 1.02. The van der Waals surface area contributed by atoms with Crippen LogP contribution in [-0.4, -0.2) is 65.3 Å². The Balaban J connectivity index is 0.951. The summed E-state index contributed by atoms with van der Waals surface area (Å²) in [7, 11) is 0. The van der Waals surface area contributed by atoms with Gasteiger partial charge < -0.3 is 24.8 Å². The summed E-state index contributed by atoms with van der Waals surface area (Å²) in [5, 5.41) is 11.8. The zero-order valence-corrected chi connectivity index (χ0v) is 36.0. The van der Waals surface area contributed by atoms with Gasteiger partial charge in [0.1, 0.15) is 12.2 Å². The van der Waals surface area contributed by atoms with Crippen LogP contribution >= 0.6 is 0 Å². The summed E-state index contributed by atoms with van der Waals surface area (Å²) in [5.41, 5.74) is 2.21. The standard InChI is InChI=1S/C46H76N2O7/c1-30-27-32(54-39(52)17-16-38(50)51)29-48(30)37(49)13-11-10-12-26-47-40(53)55-33-14-15-34-43(6,31(33)2)19-18-35-44(34,7)23-25-46(9)36-28-41(3,4)20-21-42(36,5)22-24-45(35,46)8/h30-36H,10-29H2,1-9H3,(H,47,53)(H,50,51)/t30-,31+,32-,33+,34-,35+,36-,42-,43-,44+,45-,46+/m1/s1. The van der Waals surface area contributed by atoms with Crippen molar-refractivity contribution in [3.63, 3.8) is 0 Å². The van der Waals surface area contributed by atoms with E-state index in [4.69, 9.17) is 14.6 Å². The number of ether oxygens (including phenoxy) is 2. The van der Waals surface area contributed by atoms with E-state index in [1.54, 1.807) is 4.90 Å². The van der Waals surface area contributed by atoms with Gasteiger partial charge in [0.15, 0.2) is 0 Å². The molecule has 5 saturated carbocycles. The van der Waals surface area contributed by atoms with Gasteiger partial charge >= 0.3 is 18.0 Å². The maximum absolute atomic E-state index is 13.1. The van der Waals surface area contributed by atoms with Gasteiger partial charge in [-0.3, -0.25) is 14.4 Å². The number of carboxylic acids is 1. The van der Waals surface area contributed by atoms with Crippen molar-refractivity contribution < 1.29 is 33.8 Å². The maximum atomic E-state index is 13.1. The number of hydrogen-bond acceptors (Lipinski definition) is 6. The van der Waals surface area contributed by atoms with Gasteiger partial charge in [0.25, 0.3) is 0 Å². The molecule has 12 atom stereocenters. The van der Waals surface area contributed by atoms with Crippen LogP contribution in [0.1, 0.15) is 178 Å². The molecule has 1 heterocycles. The summed E-state index contributed by atoms with van der Waals surface area (Å²) in [6.45, 7) is 23.6. The van der Waals surface area contributed by atoms with Crippen LogP contribution in [0.15, 0.2) is 0 Å². The molecule has 5 aliphatic carbocycles. The molecule has 0 bridgehead atoms. The molecule has 6 aliphatic rings. The number of aliphatic carboxylic acids is 1. The molecule has 6 rings (SSSR count). The van der Waals surface area contributed by atoms with Crippen molar-refractivity contribution in [2.45, 2.75) is 196 Å². The molecule has 9 heteroatoms. The van der Waals surface area contributed by atoms with Gasteiger partial charge in [-0.1, -0.05) is 61.8 Å². The molecule has 0 aromatic carbocycles. The van der Waals surface area contributed by atoms with Crippen LogP contribution in [0.5, 0.6) is 0 Å². The van der Waals surface area contributed by atoms with Gasteiger partial charge in [-0.05, 0) is 147 Å². The van der Waals surface area contributed by atoms with Gasteiger partial charge in [0, 0.05) is 25.4 Å². The Hall–Kier alpha value is -2.32. The van der Waals surface area contributed by atoms with Crippen LogP contribution in [0.2, 0.25) is 0 Å². The second-order valence-corrected chi connectivity index (χ2v) is 21.7. The van der Waals surface area contributed by atoms with Crippen LogP contribution in [0, 0.1) is 56.2 Å². The number of nitrogens with one attached hydrogen (secondary N) is 1. The molecule has 312 valence electrons. The van der Waals surface area contributed by atoms with Crippen LogP contribution in [0.4, 0.5) is 4.79 Å². The lowest BCUT2D eigenvalue weighted by Crippen LogP contribution is -2.68. The highest BCUT2D eigenvalue weighted by molar-refractivity contribution is 5.78. The number of fused-ring (bicyclic) bond motifs is 7. The molecule has 9 nitrogen and oxygen atoms in total. The topological polar surface area (TPSA) is 122 Å². The van der Waals surface area contributed by atoms with Gasteiger partial charge in [-0.25, -0.2) is 4.79 Å². The van der Waals surface area contributed by atoms with E-state index in [0.29, 0.717) is 64.8 Å². The fourth-order valence-electron chi connectivity index (χ4n) is 14.5. The lowest BCUT2D eigenvalue weighted by molar-refractivity contribution is -0.263. The predicted octanol–water partition coefficient (Wildman–Crippen LogP) is 9.94. The highest BCUT2D eigenvalue weighted by Crippen LogP contribution is 2.78. The normalized spacial score (nSPS) is 43.2. The third kappa shape index (κ3) is 7.82. The number of alkyl carbamates (subject to hydrolysis) is 1. The first kappa shape index (κ1) is 42.3. The minimum atomic E-state index is -1.03. The van der Waals surface area contributed by atoms with Gasteiger partial charge in [-0.15, -0.1) is 0 Å². The lowest BCUT2D eigenvalue weighted by atomic mass is 9.30. The molecule has 0 radical (unpaired) electrons. The first-order valence-corrected chi connectivity index (χ1v) is 22.3. The van der Waals surface area contributed by atoms with Crippen molar-refractivity contribution in [1.29, 1.82) is 0 Å². The smallest absolute Gasteiger partial charge is 0.407 e. The quantitative estimate of drug-likeness (QED) is 0.159. The number of hydrogen-bond donors (Lipinski definition) is 2. The van der Waals surface area contributed by atoms with Crippen molar-refractivity contribution >= 4 is 23.9 Å². The Morgan fingerprint density at radius 3 is 2.13 bits per heavy atom. The molecule has 0 aromatic heterocycles. The minimum absolute atomic E-state index is 0.0293. The Morgan fingerprint density at radius 2 is 1.40 bits per heavy atom. The van der Waals surface area contributed by atoms with Crippen molar-refractivity contribution in [1.82, 2.24) is 10.2 Å². The third-order valence-corrected chi connectivity index (χ3v) is 18.2. The lowest BCUT2D eigenvalue weighted by Gasteiger charge is -2.75. The summed E-state index contributed by atoms with van der Waals surface area (Å²) in [6, 6.07) is -0.0293. The zero-order valence-electron chi connectivity index (χ0n) is 36.0. The van der Waals surface area contributed by atoms with Crippen molar-refractivity contribution in [2.75, 3.05) is 13.1 Å². The van der Waals surface area contributed by atoms with E-state index in [1.807, 2.05) is 6.92 Å². The molecule has 2 amide bonds. The highest BCUT2D eigenvalue weighted by Gasteiger charge is 2.71. The first-order valence-electron chi connectivity index (χ1n) is 22.3. The SMILES string of the molecule is C[C@@H]1C[C@@H](OC(=O)CCC(=O)O)CN1C(=O)CCCCCNC(=O)O[C@H]1CC[C@@H]2[C@](C)(CC[C@H]3[C@@]2(C)CC[C@@]2(C)[C@@H]4CC(C)(C)CC[C@]4(C)CC[C@]32C)[C@H]1C. The van der Waals surface area contributed by atoms with Crippen LogP contribution < -0.4 is 5.32 Å². The van der Waals surface area contributed by atoms with E-state index in [1.165, 1.54) is 57.8 Å². The number of carbonyl (C=O) groups excluding carboxylic acids is 3. The Bertz CT molecular complexity index is 1460. The minimum Gasteiger partial charge on any atom is -0.481 e. The van der Waals surface area contributed by atoms with Crippen LogP contribution in [0.25, 0.3) is 0 Å². The average molecular weight is 769 g/mol. The predicted molar refractivity (Wildman–Crippen MR) is 214 cm³/mol. The molecule has 1 aliphatic heterocycles. The molecule has 0 aromatic rings. The largest absolute Gasteiger partial charge is 0.481 e. The fourth-order valence-corrected chi connectivity index (χ4v) is 14.5. The summed E-state index contributed by atoms with van der Waals surface area (Å²) < 4.78 is 11.6. The third-order valence-electron chi connectivity index (χ3n) is 18.2. The number of nitrogens with zero attached hydrogens (tertiary/aromatic N) is 1. The number of rotatable bonds is 11. The van der Waals surface area contributed by atoms with Crippen molar-refractivity contribution in [3.8, 4) is 0 Å². The van der Waals surface area contributed by atoms with E-state index in [9.17, 15) is 19.2 Å². The fraction of sp³-hybridized carbons (Fsp3) is 0.913. The number of esters is 1. The number of carboxylic acid groups (broad SMARTS) is 1. The van der Waals surface area contributed by atoms with E-state index < -0.39 is 18.0 Å². The van der Waals surface area contributed by atoms with Crippen LogP contribution in [-0.2, 0) is 23.9 Å². The Morgan fingerprint density at radius 1 is 0.709 bits per heavy atom. The van der Waals surface area contributed by atoms with E-state index in [-0.39, 0.29) is 42.4 Å². The Kier molecular flexibility index (Phi) is 11.9. The second kappa shape index (κ2) is 15.5. The molecule has 2 N–H and O–H groups in total. The summed E-state index contributed by atoms with van der Waals surface area (Å²) >= 11 is 0. The molecule has 55 heavy (non-hydrogen) atoms. The number of carbonyl (C=O) groups is 4. The van der Waals surface area contributed by atoms with E-state index in [2.05, 4.69) is 60.7 Å². The average Bonchev–Trinajstić information content (AvgIpc) is 3.48. The summed E-state index contributed by atoms with van der Waals surface area (Å²) in [6.07, 6.45) is 16.3. The van der Waals surface area contributed by atoms with Crippen LogP contribution in [0.3, 0.4) is 0 Å². The molecular weight excluding hydrogens is 693 g/mol. The molecule has 6 fully saturated rings. The van der Waals surface area contributed by atoms with Crippen molar-refractivity contribution in [2.24, 2.45) is 56.2 Å². The molecule has 0 spiro atoms. The molecule has 0 unspecified atom stereocenters. The summed E-state index contributed by atoms with van der Waals surface area (Å²) in [4.78, 5) is 50.5. The number of amides is 2. The van der Waals surface area contributed by atoms with Gasteiger partial charge in [0.2, 0.25) is 5.91 Å². The number of unbranched alkanes of at least 4 members (excludes halogenated alkanes) is 2. The van der Waals surface area contributed by atoms with Gasteiger partial charge in [-0.2, -0.15) is 0 Å². The Labute approximate surface area is 332 Å². The molecular formula is C46H76N2O7. The van der Waals surface area contributed by atoms with E-state index in [0.717, 1.165) is 43.9 Å². The first-order chi connectivity index (χ1) is 25.7. The van der Waals surface area contributed by atoms with E-state index >= 15 is 0 Å². The second-order valence-electron chi connectivity index (χ2n) is 21.7. The number of likely N-dealkylation sites (tertiary alicyclic amines) is 1. The zero-order chi connectivity index (χ0) is 40.2. The highest BCUT2D eigenvalue weighted by atomic mass is 16.6. The van der Waals surface area contributed by atoms with Crippen molar-refractivity contribution in [3.05, 3.63) is 0 Å². The van der Waals surface area contributed by atoms with Gasteiger partial charge in [0.05, 0.1) is 19.4 Å². The maximum Gasteiger partial charge on any atom is 0.407 e. The molecule has 1 saturated heterocycles.